The summed E-state index contributed by atoms with van der Waals surface area (Å²) in [5.41, 5.74) is 1.99. The van der Waals surface area contributed by atoms with E-state index >= 15 is 0 Å². The second-order valence-corrected chi connectivity index (χ2v) is 8.49. The maximum Gasteiger partial charge on any atom is 0.263 e. The first-order valence-corrected chi connectivity index (χ1v) is 10.8. The number of aliphatic imine (C=N–C) groups is 1. The van der Waals surface area contributed by atoms with Crippen molar-refractivity contribution in [2.75, 3.05) is 18.5 Å². The molecule has 1 unspecified atom stereocenters. The van der Waals surface area contributed by atoms with Crippen molar-refractivity contribution in [1.82, 2.24) is 4.72 Å². The quantitative estimate of drug-likeness (QED) is 0.778. The van der Waals surface area contributed by atoms with Crippen molar-refractivity contribution in [3.63, 3.8) is 0 Å². The minimum absolute atomic E-state index is 0.0762. The van der Waals surface area contributed by atoms with Crippen molar-refractivity contribution < 1.29 is 22.7 Å². The molecule has 1 atom stereocenters. The van der Waals surface area contributed by atoms with E-state index in [2.05, 4.69) is 15.0 Å². The SMILES string of the molecule is CCOc1cc2c(cc1NC(=O)CN=C1NS(=O)(=O)c3ccccc31)OC(C)C2. The Morgan fingerprint density at radius 3 is 2.93 bits per heavy atom. The number of hydrogen-bond acceptors (Lipinski definition) is 6. The van der Waals surface area contributed by atoms with E-state index in [0.29, 0.717) is 23.6 Å². The van der Waals surface area contributed by atoms with Gasteiger partial charge in [-0.15, -0.1) is 0 Å². The van der Waals surface area contributed by atoms with Gasteiger partial charge < -0.3 is 14.8 Å². The third kappa shape index (κ3) is 3.77. The van der Waals surface area contributed by atoms with E-state index in [4.69, 9.17) is 9.47 Å². The fourth-order valence-corrected chi connectivity index (χ4v) is 4.65. The maximum absolute atomic E-state index is 12.5. The summed E-state index contributed by atoms with van der Waals surface area (Å²) in [5, 5.41) is 2.78. The number of ether oxygens (including phenoxy) is 2. The van der Waals surface area contributed by atoms with Crippen LogP contribution in [0.25, 0.3) is 0 Å². The van der Waals surface area contributed by atoms with Crippen molar-refractivity contribution in [3.05, 3.63) is 47.5 Å². The molecule has 9 heteroatoms. The Bertz CT molecular complexity index is 1110. The predicted molar refractivity (Wildman–Crippen MR) is 108 cm³/mol. The van der Waals surface area contributed by atoms with E-state index in [0.717, 1.165) is 17.7 Å². The molecule has 0 saturated carbocycles. The molecule has 2 aromatic carbocycles. The second-order valence-electron chi connectivity index (χ2n) is 6.84. The number of anilines is 1. The van der Waals surface area contributed by atoms with Crippen LogP contribution < -0.4 is 19.5 Å². The normalized spacial score (nSPS) is 19.8. The molecule has 0 spiro atoms. The number of nitrogens with one attached hydrogen (secondary N) is 2. The van der Waals surface area contributed by atoms with Crippen LogP contribution in [0.1, 0.15) is 25.0 Å². The molecular formula is C20H21N3O5S. The van der Waals surface area contributed by atoms with Gasteiger partial charge in [0.15, 0.2) is 0 Å². The van der Waals surface area contributed by atoms with Gasteiger partial charge in [-0.25, -0.2) is 8.42 Å². The molecule has 4 rings (SSSR count). The number of sulfonamides is 1. The monoisotopic (exact) mass is 415 g/mol. The molecule has 2 heterocycles. The fraction of sp³-hybridized carbons (Fsp3) is 0.300. The molecule has 152 valence electrons. The lowest BCUT2D eigenvalue weighted by Crippen LogP contribution is -2.24. The Morgan fingerprint density at radius 2 is 2.14 bits per heavy atom. The average Bonchev–Trinajstić information content (AvgIpc) is 3.16. The van der Waals surface area contributed by atoms with Crippen LogP contribution in [0.15, 0.2) is 46.3 Å². The standard InChI is InChI=1S/C20H21N3O5S/c1-3-27-17-9-13-8-12(2)28-16(13)10-15(17)22-19(24)11-21-20-14-6-4-5-7-18(14)29(25,26)23-20/h4-7,9-10,12H,3,8,11H2,1-2H3,(H,21,23)(H,22,24). The third-order valence-electron chi connectivity index (χ3n) is 4.62. The number of benzene rings is 2. The van der Waals surface area contributed by atoms with Crippen molar-refractivity contribution in [1.29, 1.82) is 0 Å². The lowest BCUT2D eigenvalue weighted by Gasteiger charge is -2.13. The summed E-state index contributed by atoms with van der Waals surface area (Å²) < 4.78 is 38.0. The van der Waals surface area contributed by atoms with E-state index in [-0.39, 0.29) is 23.4 Å². The number of fused-ring (bicyclic) bond motifs is 2. The van der Waals surface area contributed by atoms with E-state index in [1.165, 1.54) is 6.07 Å². The Labute approximate surface area is 169 Å². The molecule has 0 fully saturated rings. The summed E-state index contributed by atoms with van der Waals surface area (Å²) in [7, 11) is -3.64. The lowest BCUT2D eigenvalue weighted by molar-refractivity contribution is -0.114. The largest absolute Gasteiger partial charge is 0.492 e. The predicted octanol–water partition coefficient (Wildman–Crippen LogP) is 2.09. The zero-order valence-corrected chi connectivity index (χ0v) is 16.9. The first-order valence-electron chi connectivity index (χ1n) is 9.30. The van der Waals surface area contributed by atoms with Crippen LogP contribution in [-0.2, 0) is 21.2 Å². The van der Waals surface area contributed by atoms with Gasteiger partial charge in [-0.05, 0) is 32.0 Å². The fourth-order valence-electron chi connectivity index (χ4n) is 3.40. The van der Waals surface area contributed by atoms with Crippen LogP contribution in [0.2, 0.25) is 0 Å². The highest BCUT2D eigenvalue weighted by molar-refractivity contribution is 7.90. The first kappa shape index (κ1) is 19.3. The summed E-state index contributed by atoms with van der Waals surface area (Å²) in [5.74, 6) is 1.05. The highest BCUT2D eigenvalue weighted by Gasteiger charge is 2.30. The Balaban J connectivity index is 1.53. The van der Waals surface area contributed by atoms with Gasteiger partial charge in [0.1, 0.15) is 30.0 Å². The summed E-state index contributed by atoms with van der Waals surface area (Å²) in [6.45, 7) is 4.06. The molecule has 29 heavy (non-hydrogen) atoms. The molecule has 8 nitrogen and oxygen atoms in total. The van der Waals surface area contributed by atoms with Crippen LogP contribution in [0.4, 0.5) is 5.69 Å². The summed E-state index contributed by atoms with van der Waals surface area (Å²) in [6.07, 6.45) is 0.865. The number of amidine groups is 1. The number of carbonyl (C=O) groups is 1. The van der Waals surface area contributed by atoms with E-state index in [1.807, 2.05) is 19.9 Å². The summed E-state index contributed by atoms with van der Waals surface area (Å²) in [4.78, 5) is 16.8. The lowest BCUT2D eigenvalue weighted by atomic mass is 10.1. The minimum Gasteiger partial charge on any atom is -0.492 e. The Kier molecular flexibility index (Phi) is 4.91. The van der Waals surface area contributed by atoms with Crippen LogP contribution in [0, 0.1) is 0 Å². The molecule has 2 aromatic rings. The minimum atomic E-state index is -3.64. The van der Waals surface area contributed by atoms with Crippen LogP contribution in [-0.4, -0.2) is 39.4 Å². The zero-order chi connectivity index (χ0) is 20.6. The van der Waals surface area contributed by atoms with Gasteiger partial charge in [-0.1, -0.05) is 12.1 Å². The molecule has 2 aliphatic rings. The number of nitrogens with zero attached hydrogens (tertiary/aromatic N) is 1. The van der Waals surface area contributed by atoms with Crippen molar-refractivity contribution in [3.8, 4) is 11.5 Å². The number of amides is 1. The third-order valence-corrected chi connectivity index (χ3v) is 6.01. The molecule has 0 aromatic heterocycles. The molecule has 0 saturated heterocycles. The van der Waals surface area contributed by atoms with Crippen LogP contribution >= 0.6 is 0 Å². The molecule has 0 aliphatic carbocycles. The van der Waals surface area contributed by atoms with Crippen molar-refractivity contribution in [2.45, 2.75) is 31.3 Å². The number of hydrogen-bond donors (Lipinski definition) is 2. The highest BCUT2D eigenvalue weighted by atomic mass is 32.2. The molecule has 2 N–H and O–H groups in total. The van der Waals surface area contributed by atoms with Crippen LogP contribution in [0.5, 0.6) is 11.5 Å². The van der Waals surface area contributed by atoms with Gasteiger partial charge >= 0.3 is 0 Å². The summed E-state index contributed by atoms with van der Waals surface area (Å²) in [6, 6.07) is 10.1. The number of carbonyl (C=O) groups excluding carboxylic acids is 1. The van der Waals surface area contributed by atoms with E-state index in [9.17, 15) is 13.2 Å². The average molecular weight is 415 g/mol. The zero-order valence-electron chi connectivity index (χ0n) is 16.1. The van der Waals surface area contributed by atoms with Crippen molar-refractivity contribution in [2.24, 2.45) is 4.99 Å². The van der Waals surface area contributed by atoms with Gasteiger partial charge in [0, 0.05) is 23.6 Å². The van der Waals surface area contributed by atoms with Crippen molar-refractivity contribution >= 4 is 27.5 Å². The van der Waals surface area contributed by atoms with Crippen LogP contribution in [0.3, 0.4) is 0 Å². The molecule has 0 bridgehead atoms. The smallest absolute Gasteiger partial charge is 0.263 e. The van der Waals surface area contributed by atoms with Gasteiger partial charge in [0.05, 0.1) is 17.2 Å². The second kappa shape index (κ2) is 7.40. The Morgan fingerprint density at radius 1 is 1.34 bits per heavy atom. The van der Waals surface area contributed by atoms with Gasteiger partial charge in [-0.3, -0.25) is 14.5 Å². The molecule has 1 amide bonds. The van der Waals surface area contributed by atoms with Gasteiger partial charge in [-0.2, -0.15) is 0 Å². The Hall–Kier alpha value is -3.07. The molecule has 0 radical (unpaired) electrons. The topological polar surface area (TPSA) is 106 Å². The number of rotatable bonds is 5. The van der Waals surface area contributed by atoms with E-state index in [1.54, 1.807) is 24.3 Å². The van der Waals surface area contributed by atoms with Gasteiger partial charge in [0.2, 0.25) is 5.91 Å². The first-order chi connectivity index (χ1) is 13.9. The molecular weight excluding hydrogens is 394 g/mol. The highest BCUT2D eigenvalue weighted by Crippen LogP contribution is 2.38. The summed E-state index contributed by atoms with van der Waals surface area (Å²) >= 11 is 0. The van der Waals surface area contributed by atoms with Gasteiger partial charge in [0.25, 0.3) is 10.0 Å². The molecule has 2 aliphatic heterocycles. The van der Waals surface area contributed by atoms with E-state index < -0.39 is 15.9 Å². The maximum atomic E-state index is 12.5.